The Kier molecular flexibility index (Phi) is 3.44. The molecule has 0 saturated carbocycles. The van der Waals surface area contributed by atoms with E-state index in [0.29, 0.717) is 12.4 Å². The van der Waals surface area contributed by atoms with E-state index in [9.17, 15) is 4.79 Å². The number of carbonyl (C=O) groups is 1. The molecular weight excluding hydrogens is 218 g/mol. The lowest BCUT2D eigenvalue weighted by Gasteiger charge is -2.07. The fraction of sp³-hybridized carbons (Fsp3) is 0.308. The minimum absolute atomic E-state index is 0.133. The molecule has 1 atom stereocenters. The molecule has 0 fully saturated rings. The van der Waals surface area contributed by atoms with Crippen molar-refractivity contribution >= 4 is 16.9 Å². The average molecular weight is 233 g/mol. The standard InChI is InChI=1S/C13H15NO3/c1-2-16-13(15)8-10(14)12-7-9-5-3-4-6-11(9)17-12/h3-7,10H,2,8,14H2,1H3/t10-/m1/s1. The first-order valence-corrected chi connectivity index (χ1v) is 5.60. The second-order valence-corrected chi connectivity index (χ2v) is 3.80. The van der Waals surface area contributed by atoms with Gasteiger partial charge in [0.05, 0.1) is 19.1 Å². The molecular formula is C13H15NO3. The first-order valence-electron chi connectivity index (χ1n) is 5.60. The average Bonchev–Trinajstić information content (AvgIpc) is 2.72. The molecule has 17 heavy (non-hydrogen) atoms. The minimum Gasteiger partial charge on any atom is -0.466 e. The fourth-order valence-electron chi connectivity index (χ4n) is 1.69. The summed E-state index contributed by atoms with van der Waals surface area (Å²) in [6.07, 6.45) is 0.133. The maximum absolute atomic E-state index is 11.3. The summed E-state index contributed by atoms with van der Waals surface area (Å²) in [4.78, 5) is 11.3. The van der Waals surface area contributed by atoms with Gasteiger partial charge in [0.2, 0.25) is 0 Å². The fourth-order valence-corrected chi connectivity index (χ4v) is 1.69. The SMILES string of the molecule is CCOC(=O)C[C@@H](N)c1cc2ccccc2o1. The Balaban J connectivity index is 2.13. The van der Waals surface area contributed by atoms with Crippen LogP contribution in [0.15, 0.2) is 34.7 Å². The van der Waals surface area contributed by atoms with E-state index in [1.807, 2.05) is 30.3 Å². The highest BCUT2D eigenvalue weighted by atomic mass is 16.5. The van der Waals surface area contributed by atoms with Crippen LogP contribution in [0.4, 0.5) is 0 Å². The second-order valence-electron chi connectivity index (χ2n) is 3.80. The first-order chi connectivity index (χ1) is 8.20. The zero-order valence-corrected chi connectivity index (χ0v) is 9.68. The van der Waals surface area contributed by atoms with Crippen molar-refractivity contribution in [2.75, 3.05) is 6.61 Å². The third-order valence-electron chi connectivity index (χ3n) is 2.50. The minimum atomic E-state index is -0.457. The Labute approximate surface area is 99.3 Å². The molecule has 1 aromatic carbocycles. The van der Waals surface area contributed by atoms with Crippen molar-refractivity contribution in [3.05, 3.63) is 36.1 Å². The largest absolute Gasteiger partial charge is 0.466 e. The smallest absolute Gasteiger partial charge is 0.307 e. The summed E-state index contributed by atoms with van der Waals surface area (Å²) >= 11 is 0. The number of hydrogen-bond acceptors (Lipinski definition) is 4. The lowest BCUT2D eigenvalue weighted by molar-refractivity contribution is -0.143. The van der Waals surface area contributed by atoms with Crippen LogP contribution in [0.1, 0.15) is 25.1 Å². The van der Waals surface area contributed by atoms with Gasteiger partial charge < -0.3 is 14.9 Å². The topological polar surface area (TPSA) is 65.5 Å². The van der Waals surface area contributed by atoms with E-state index in [2.05, 4.69) is 0 Å². The summed E-state index contributed by atoms with van der Waals surface area (Å²) in [6, 6.07) is 9.04. The summed E-state index contributed by atoms with van der Waals surface area (Å²) in [5.41, 5.74) is 6.67. The molecule has 0 amide bonds. The van der Waals surface area contributed by atoms with Gasteiger partial charge in [-0.25, -0.2) is 0 Å². The van der Waals surface area contributed by atoms with Crippen molar-refractivity contribution in [1.29, 1.82) is 0 Å². The number of para-hydroxylation sites is 1. The van der Waals surface area contributed by atoms with E-state index in [4.69, 9.17) is 14.9 Å². The Morgan fingerprint density at radius 3 is 2.94 bits per heavy atom. The molecule has 2 rings (SSSR count). The zero-order chi connectivity index (χ0) is 12.3. The zero-order valence-electron chi connectivity index (χ0n) is 9.68. The van der Waals surface area contributed by atoms with E-state index in [1.54, 1.807) is 6.92 Å². The number of esters is 1. The number of hydrogen-bond donors (Lipinski definition) is 1. The number of rotatable bonds is 4. The molecule has 0 aliphatic heterocycles. The van der Waals surface area contributed by atoms with Crippen LogP contribution < -0.4 is 5.73 Å². The van der Waals surface area contributed by atoms with Gasteiger partial charge in [0, 0.05) is 5.39 Å². The molecule has 2 N–H and O–H groups in total. The van der Waals surface area contributed by atoms with Crippen LogP contribution in [0.5, 0.6) is 0 Å². The summed E-state index contributed by atoms with van der Waals surface area (Å²) in [5, 5.41) is 0.988. The number of fused-ring (bicyclic) bond motifs is 1. The van der Waals surface area contributed by atoms with E-state index >= 15 is 0 Å². The van der Waals surface area contributed by atoms with Crippen molar-refractivity contribution in [1.82, 2.24) is 0 Å². The molecule has 4 nitrogen and oxygen atoms in total. The first kappa shape index (κ1) is 11.7. The predicted octanol–water partition coefficient (Wildman–Crippen LogP) is 2.39. The maximum Gasteiger partial charge on any atom is 0.307 e. The molecule has 0 radical (unpaired) electrons. The van der Waals surface area contributed by atoms with Crippen molar-refractivity contribution in [2.24, 2.45) is 5.73 Å². The van der Waals surface area contributed by atoms with Gasteiger partial charge in [-0.05, 0) is 19.1 Å². The van der Waals surface area contributed by atoms with E-state index in [0.717, 1.165) is 11.0 Å². The molecule has 2 aromatic rings. The molecule has 0 aliphatic carbocycles. The molecule has 4 heteroatoms. The predicted molar refractivity (Wildman–Crippen MR) is 64.4 cm³/mol. The van der Waals surface area contributed by atoms with E-state index in [-0.39, 0.29) is 12.4 Å². The number of ether oxygens (including phenoxy) is 1. The molecule has 0 spiro atoms. The molecule has 0 saturated heterocycles. The quantitative estimate of drug-likeness (QED) is 0.823. The summed E-state index contributed by atoms with van der Waals surface area (Å²) < 4.78 is 10.4. The van der Waals surface area contributed by atoms with Gasteiger partial charge >= 0.3 is 5.97 Å². The highest BCUT2D eigenvalue weighted by Crippen LogP contribution is 2.24. The van der Waals surface area contributed by atoms with Crippen molar-refractivity contribution in [2.45, 2.75) is 19.4 Å². The Morgan fingerprint density at radius 1 is 1.47 bits per heavy atom. The van der Waals surface area contributed by atoms with Crippen molar-refractivity contribution < 1.29 is 13.9 Å². The van der Waals surface area contributed by atoms with Gasteiger partial charge in [0.1, 0.15) is 11.3 Å². The molecule has 0 bridgehead atoms. The van der Waals surface area contributed by atoms with Crippen LogP contribution in [-0.2, 0) is 9.53 Å². The second kappa shape index (κ2) is 5.01. The van der Waals surface area contributed by atoms with Gasteiger partial charge in [-0.15, -0.1) is 0 Å². The van der Waals surface area contributed by atoms with E-state index < -0.39 is 6.04 Å². The van der Waals surface area contributed by atoms with Crippen molar-refractivity contribution in [3.63, 3.8) is 0 Å². The Hall–Kier alpha value is -1.81. The van der Waals surface area contributed by atoms with Crippen molar-refractivity contribution in [3.8, 4) is 0 Å². The number of carbonyl (C=O) groups excluding carboxylic acids is 1. The highest BCUT2D eigenvalue weighted by molar-refractivity contribution is 5.78. The lowest BCUT2D eigenvalue weighted by atomic mass is 10.1. The van der Waals surface area contributed by atoms with Crippen LogP contribution in [-0.4, -0.2) is 12.6 Å². The monoisotopic (exact) mass is 233 g/mol. The Morgan fingerprint density at radius 2 is 2.24 bits per heavy atom. The van der Waals surface area contributed by atoms with Crippen LogP contribution in [0, 0.1) is 0 Å². The molecule has 1 aromatic heterocycles. The lowest BCUT2D eigenvalue weighted by Crippen LogP contribution is -2.16. The van der Waals surface area contributed by atoms with Gasteiger partial charge in [-0.2, -0.15) is 0 Å². The van der Waals surface area contributed by atoms with E-state index in [1.165, 1.54) is 0 Å². The Bertz CT molecular complexity index is 485. The third kappa shape index (κ3) is 2.65. The third-order valence-corrected chi connectivity index (χ3v) is 2.50. The molecule has 90 valence electrons. The van der Waals surface area contributed by atoms with Crippen LogP contribution in [0.2, 0.25) is 0 Å². The highest BCUT2D eigenvalue weighted by Gasteiger charge is 2.16. The van der Waals surface area contributed by atoms with Gasteiger partial charge in [0.25, 0.3) is 0 Å². The molecule has 0 unspecified atom stereocenters. The van der Waals surface area contributed by atoms with Gasteiger partial charge in [-0.1, -0.05) is 18.2 Å². The summed E-state index contributed by atoms with van der Waals surface area (Å²) in [7, 11) is 0. The summed E-state index contributed by atoms with van der Waals surface area (Å²) in [6.45, 7) is 2.14. The summed E-state index contributed by atoms with van der Waals surface area (Å²) in [5.74, 6) is 0.305. The van der Waals surface area contributed by atoms with Crippen LogP contribution >= 0.6 is 0 Å². The molecule has 0 aliphatic rings. The maximum atomic E-state index is 11.3. The van der Waals surface area contributed by atoms with Gasteiger partial charge in [-0.3, -0.25) is 4.79 Å². The number of benzene rings is 1. The van der Waals surface area contributed by atoms with Crippen LogP contribution in [0.25, 0.3) is 11.0 Å². The normalized spacial score (nSPS) is 12.6. The van der Waals surface area contributed by atoms with Crippen LogP contribution in [0.3, 0.4) is 0 Å². The number of nitrogens with two attached hydrogens (primary N) is 1. The molecule has 1 heterocycles. The van der Waals surface area contributed by atoms with Gasteiger partial charge in [0.15, 0.2) is 0 Å². The number of furan rings is 1.